The van der Waals surface area contributed by atoms with E-state index in [4.69, 9.17) is 4.42 Å². The fourth-order valence-electron chi connectivity index (χ4n) is 3.86. The molecule has 0 aliphatic heterocycles. The highest BCUT2D eigenvalue weighted by Gasteiger charge is 2.52. The van der Waals surface area contributed by atoms with Crippen LogP contribution in [0.4, 0.5) is 0 Å². The SMILES string of the molecule is CC1C(C)(C)C2=C(c3ocnc3CC2)C1(C)C. The first kappa shape index (κ1) is 11.1. The maximum atomic E-state index is 5.68. The average molecular weight is 231 g/mol. The Hall–Kier alpha value is -1.05. The molecule has 1 aromatic rings. The van der Waals surface area contributed by atoms with E-state index in [1.807, 2.05) is 0 Å². The monoisotopic (exact) mass is 231 g/mol. The molecule has 92 valence electrons. The van der Waals surface area contributed by atoms with Gasteiger partial charge in [-0.1, -0.05) is 40.2 Å². The standard InChI is InChI=1S/C15H21NO/c1-9-14(2,3)10-6-7-11-13(17-8-16-11)12(10)15(9,4)5/h8-9H,6-7H2,1-5H3. The van der Waals surface area contributed by atoms with Crippen molar-refractivity contribution in [2.45, 2.75) is 47.5 Å². The van der Waals surface area contributed by atoms with Gasteiger partial charge in [0.15, 0.2) is 12.2 Å². The van der Waals surface area contributed by atoms with Crippen LogP contribution in [-0.2, 0) is 6.42 Å². The van der Waals surface area contributed by atoms with Gasteiger partial charge in [-0.2, -0.15) is 0 Å². The van der Waals surface area contributed by atoms with Crippen molar-refractivity contribution < 1.29 is 4.42 Å². The molecule has 1 atom stereocenters. The van der Waals surface area contributed by atoms with Gasteiger partial charge in [0, 0.05) is 5.57 Å². The van der Waals surface area contributed by atoms with Crippen molar-refractivity contribution in [3.63, 3.8) is 0 Å². The molecule has 2 nitrogen and oxygen atoms in total. The molecule has 2 aliphatic rings. The van der Waals surface area contributed by atoms with Crippen LogP contribution >= 0.6 is 0 Å². The van der Waals surface area contributed by atoms with Gasteiger partial charge in [-0.25, -0.2) is 4.98 Å². The molecule has 0 saturated carbocycles. The summed E-state index contributed by atoms with van der Waals surface area (Å²) in [4.78, 5) is 4.35. The highest BCUT2D eigenvalue weighted by Crippen LogP contribution is 2.62. The van der Waals surface area contributed by atoms with Crippen LogP contribution in [0.15, 0.2) is 16.4 Å². The highest BCUT2D eigenvalue weighted by atomic mass is 16.3. The topological polar surface area (TPSA) is 26.0 Å². The second-order valence-corrected chi connectivity index (χ2v) is 6.65. The average Bonchev–Trinajstić information content (AvgIpc) is 2.77. The summed E-state index contributed by atoms with van der Waals surface area (Å²) in [5.41, 5.74) is 4.66. The summed E-state index contributed by atoms with van der Waals surface area (Å²) in [6.07, 6.45) is 3.79. The van der Waals surface area contributed by atoms with Gasteiger partial charge < -0.3 is 4.42 Å². The lowest BCUT2D eigenvalue weighted by atomic mass is 9.69. The summed E-state index contributed by atoms with van der Waals surface area (Å²) in [5.74, 6) is 1.70. The van der Waals surface area contributed by atoms with Crippen molar-refractivity contribution in [3.05, 3.63) is 23.4 Å². The van der Waals surface area contributed by atoms with E-state index in [-0.39, 0.29) is 10.8 Å². The lowest BCUT2D eigenvalue weighted by Crippen LogP contribution is -2.27. The summed E-state index contributed by atoms with van der Waals surface area (Å²) in [6.45, 7) is 11.8. The van der Waals surface area contributed by atoms with E-state index in [0.29, 0.717) is 5.92 Å². The molecule has 0 N–H and O–H groups in total. The third-order valence-electron chi connectivity index (χ3n) is 5.37. The molecule has 0 bridgehead atoms. The molecule has 1 heterocycles. The van der Waals surface area contributed by atoms with E-state index in [0.717, 1.165) is 24.3 Å². The van der Waals surface area contributed by atoms with Crippen molar-refractivity contribution >= 4 is 5.57 Å². The molecule has 0 saturated heterocycles. The van der Waals surface area contributed by atoms with Crippen LogP contribution in [0, 0.1) is 16.7 Å². The lowest BCUT2D eigenvalue weighted by Gasteiger charge is -2.34. The van der Waals surface area contributed by atoms with Gasteiger partial charge in [-0.05, 0) is 29.6 Å². The fraction of sp³-hybridized carbons (Fsp3) is 0.667. The van der Waals surface area contributed by atoms with Gasteiger partial charge in [0.05, 0.1) is 5.69 Å². The van der Waals surface area contributed by atoms with Gasteiger partial charge in [0.1, 0.15) is 0 Å². The number of oxazole rings is 1. The molecular formula is C15H21NO. The Balaban J connectivity index is 2.27. The Bertz CT molecular complexity index is 505. The number of fused-ring (bicyclic) bond motifs is 2. The van der Waals surface area contributed by atoms with Crippen molar-refractivity contribution in [1.29, 1.82) is 0 Å². The number of hydrogen-bond donors (Lipinski definition) is 0. The molecule has 2 heteroatoms. The number of nitrogens with zero attached hydrogens (tertiary/aromatic N) is 1. The predicted octanol–water partition coefficient (Wildman–Crippen LogP) is 4.08. The zero-order valence-corrected chi connectivity index (χ0v) is 11.4. The molecule has 0 radical (unpaired) electrons. The largest absolute Gasteiger partial charge is 0.444 e. The van der Waals surface area contributed by atoms with E-state index in [2.05, 4.69) is 39.6 Å². The Morgan fingerprint density at radius 2 is 1.88 bits per heavy atom. The molecular weight excluding hydrogens is 210 g/mol. The number of aryl methyl sites for hydroxylation is 1. The van der Waals surface area contributed by atoms with E-state index in [1.165, 1.54) is 5.57 Å². The minimum absolute atomic E-state index is 0.188. The second kappa shape index (κ2) is 3.04. The maximum absolute atomic E-state index is 5.68. The van der Waals surface area contributed by atoms with Crippen LogP contribution in [-0.4, -0.2) is 4.98 Å². The molecule has 1 unspecified atom stereocenters. The van der Waals surface area contributed by atoms with Crippen LogP contribution in [0.3, 0.4) is 0 Å². The van der Waals surface area contributed by atoms with E-state index in [9.17, 15) is 0 Å². The normalized spacial score (nSPS) is 29.1. The molecule has 0 aromatic carbocycles. The van der Waals surface area contributed by atoms with Gasteiger partial charge >= 0.3 is 0 Å². The van der Waals surface area contributed by atoms with E-state index in [1.54, 1.807) is 12.0 Å². The third-order valence-corrected chi connectivity index (χ3v) is 5.37. The van der Waals surface area contributed by atoms with Gasteiger partial charge in [0.25, 0.3) is 0 Å². The Kier molecular flexibility index (Phi) is 1.98. The van der Waals surface area contributed by atoms with Crippen LogP contribution < -0.4 is 0 Å². The molecule has 0 spiro atoms. The minimum Gasteiger partial charge on any atom is -0.444 e. The summed E-state index contributed by atoms with van der Waals surface area (Å²) >= 11 is 0. The summed E-state index contributed by atoms with van der Waals surface area (Å²) in [7, 11) is 0. The molecule has 1 aromatic heterocycles. The number of aromatic nitrogens is 1. The van der Waals surface area contributed by atoms with Crippen molar-refractivity contribution in [1.82, 2.24) is 4.98 Å². The smallest absolute Gasteiger partial charge is 0.181 e. The highest BCUT2D eigenvalue weighted by molar-refractivity contribution is 5.76. The summed E-state index contributed by atoms with van der Waals surface area (Å²) < 4.78 is 5.68. The fourth-order valence-corrected chi connectivity index (χ4v) is 3.86. The third kappa shape index (κ3) is 1.19. The van der Waals surface area contributed by atoms with Gasteiger partial charge in [-0.15, -0.1) is 0 Å². The first-order valence-corrected chi connectivity index (χ1v) is 6.53. The zero-order chi connectivity index (χ0) is 12.4. The van der Waals surface area contributed by atoms with E-state index >= 15 is 0 Å². The van der Waals surface area contributed by atoms with E-state index < -0.39 is 0 Å². The van der Waals surface area contributed by atoms with Crippen LogP contribution in [0.1, 0.15) is 52.5 Å². The second-order valence-electron chi connectivity index (χ2n) is 6.65. The summed E-state index contributed by atoms with van der Waals surface area (Å²) in [5, 5.41) is 0. The Morgan fingerprint density at radius 3 is 2.59 bits per heavy atom. The predicted molar refractivity (Wildman–Crippen MR) is 68.5 cm³/mol. The first-order valence-electron chi connectivity index (χ1n) is 6.53. The summed E-state index contributed by atoms with van der Waals surface area (Å²) in [6, 6.07) is 0. The minimum atomic E-state index is 0.188. The molecule has 2 aliphatic carbocycles. The van der Waals surface area contributed by atoms with Crippen molar-refractivity contribution in [2.75, 3.05) is 0 Å². The Morgan fingerprint density at radius 1 is 1.18 bits per heavy atom. The van der Waals surface area contributed by atoms with Crippen molar-refractivity contribution in [2.24, 2.45) is 16.7 Å². The molecule has 17 heavy (non-hydrogen) atoms. The number of allylic oxidation sites excluding steroid dienone is 2. The molecule has 0 amide bonds. The van der Waals surface area contributed by atoms with Crippen LogP contribution in [0.25, 0.3) is 5.57 Å². The maximum Gasteiger partial charge on any atom is 0.181 e. The van der Waals surface area contributed by atoms with Crippen molar-refractivity contribution in [3.8, 4) is 0 Å². The molecule has 0 fully saturated rings. The molecule has 3 rings (SSSR count). The lowest BCUT2D eigenvalue weighted by molar-refractivity contribution is 0.197. The van der Waals surface area contributed by atoms with Gasteiger partial charge in [0.2, 0.25) is 0 Å². The Labute approximate surface area is 103 Å². The first-order chi connectivity index (χ1) is 7.87. The quantitative estimate of drug-likeness (QED) is 0.672. The number of rotatable bonds is 0. The zero-order valence-electron chi connectivity index (χ0n) is 11.4. The number of hydrogen-bond acceptors (Lipinski definition) is 2. The van der Waals surface area contributed by atoms with Crippen LogP contribution in [0.5, 0.6) is 0 Å². The van der Waals surface area contributed by atoms with Crippen LogP contribution in [0.2, 0.25) is 0 Å². The van der Waals surface area contributed by atoms with Gasteiger partial charge in [-0.3, -0.25) is 0 Å².